The van der Waals surface area contributed by atoms with Crippen LogP contribution in [0.2, 0.25) is 0 Å². The summed E-state index contributed by atoms with van der Waals surface area (Å²) in [6.45, 7) is 1.76. The highest BCUT2D eigenvalue weighted by molar-refractivity contribution is 6.09. The molecular formula is C24H24N6O2. The summed E-state index contributed by atoms with van der Waals surface area (Å²) in [5, 5.41) is 2.95. The molecule has 32 heavy (non-hydrogen) atoms. The predicted molar refractivity (Wildman–Crippen MR) is 120 cm³/mol. The second kappa shape index (κ2) is 8.03. The Bertz CT molecular complexity index is 1140. The minimum atomic E-state index is -0.616. The normalized spacial score (nSPS) is 16.8. The average molecular weight is 428 g/mol. The molecule has 2 amide bonds. The van der Waals surface area contributed by atoms with Crippen LogP contribution in [0.3, 0.4) is 0 Å². The number of aromatic nitrogens is 3. The minimum Gasteiger partial charge on any atom is -0.348 e. The van der Waals surface area contributed by atoms with Crippen LogP contribution in [0.25, 0.3) is 0 Å². The van der Waals surface area contributed by atoms with E-state index < -0.39 is 5.41 Å². The van der Waals surface area contributed by atoms with E-state index in [2.05, 4.69) is 25.2 Å². The van der Waals surface area contributed by atoms with E-state index in [1.165, 1.54) is 0 Å². The molecule has 0 aliphatic carbocycles. The second-order valence-corrected chi connectivity index (χ2v) is 8.26. The van der Waals surface area contributed by atoms with E-state index in [1.54, 1.807) is 41.8 Å². The van der Waals surface area contributed by atoms with Crippen molar-refractivity contribution in [2.24, 2.45) is 0 Å². The molecule has 0 radical (unpaired) electrons. The van der Waals surface area contributed by atoms with Crippen molar-refractivity contribution in [3.63, 3.8) is 0 Å². The summed E-state index contributed by atoms with van der Waals surface area (Å²) in [4.78, 5) is 42.8. The maximum Gasteiger partial charge on any atom is 0.251 e. The van der Waals surface area contributed by atoms with E-state index in [0.717, 1.165) is 16.8 Å². The fourth-order valence-corrected chi connectivity index (χ4v) is 4.71. The van der Waals surface area contributed by atoms with E-state index >= 15 is 0 Å². The van der Waals surface area contributed by atoms with Crippen molar-refractivity contribution in [1.82, 2.24) is 20.3 Å². The average Bonchev–Trinajstić information content (AvgIpc) is 3.05. The number of anilines is 2. The summed E-state index contributed by atoms with van der Waals surface area (Å²) in [7, 11) is 1.81. The van der Waals surface area contributed by atoms with Gasteiger partial charge in [-0.15, -0.1) is 0 Å². The SMILES string of the molecule is CN1C(=O)C2(CCN(c3ncccn3)CC2)c2cc(C(=O)NCc3cccnc3)ccc21. The molecule has 162 valence electrons. The lowest BCUT2D eigenvalue weighted by Crippen LogP contribution is -2.48. The molecule has 2 aliphatic heterocycles. The van der Waals surface area contributed by atoms with Crippen LogP contribution in [-0.4, -0.2) is 46.9 Å². The number of amides is 2. The number of hydrogen-bond donors (Lipinski definition) is 1. The molecule has 3 aromatic rings. The van der Waals surface area contributed by atoms with Crippen LogP contribution >= 0.6 is 0 Å². The summed E-state index contributed by atoms with van der Waals surface area (Å²) < 4.78 is 0. The highest BCUT2D eigenvalue weighted by atomic mass is 16.2. The molecule has 1 N–H and O–H groups in total. The van der Waals surface area contributed by atoms with Gasteiger partial charge in [0.15, 0.2) is 0 Å². The molecule has 0 bridgehead atoms. The number of rotatable bonds is 4. The maximum atomic E-state index is 13.3. The number of hydrogen-bond acceptors (Lipinski definition) is 6. The second-order valence-electron chi connectivity index (χ2n) is 8.26. The molecule has 1 aromatic carbocycles. The lowest BCUT2D eigenvalue weighted by molar-refractivity contribution is -0.123. The minimum absolute atomic E-state index is 0.0917. The molecule has 0 unspecified atom stereocenters. The first kappa shape index (κ1) is 20.1. The Balaban J connectivity index is 1.38. The highest BCUT2D eigenvalue weighted by Crippen LogP contribution is 2.48. The van der Waals surface area contributed by atoms with Gasteiger partial charge in [0.1, 0.15) is 0 Å². The Labute approximate surface area is 186 Å². The summed E-state index contributed by atoms with van der Waals surface area (Å²) in [6.07, 6.45) is 8.20. The Hall–Kier alpha value is -3.81. The van der Waals surface area contributed by atoms with Gasteiger partial charge in [0.05, 0.1) is 5.41 Å². The Morgan fingerprint density at radius 1 is 1.09 bits per heavy atom. The maximum absolute atomic E-state index is 13.3. The molecule has 0 saturated carbocycles. The molecule has 5 rings (SSSR count). The third kappa shape index (κ3) is 3.37. The van der Waals surface area contributed by atoms with Gasteiger partial charge in [-0.3, -0.25) is 14.6 Å². The molecule has 4 heterocycles. The van der Waals surface area contributed by atoms with Crippen molar-refractivity contribution in [2.45, 2.75) is 24.8 Å². The van der Waals surface area contributed by atoms with E-state index in [4.69, 9.17) is 0 Å². The molecule has 0 atom stereocenters. The van der Waals surface area contributed by atoms with Gasteiger partial charge in [0, 0.05) is 62.7 Å². The Morgan fingerprint density at radius 3 is 2.59 bits per heavy atom. The van der Waals surface area contributed by atoms with Crippen molar-refractivity contribution in [1.29, 1.82) is 0 Å². The topological polar surface area (TPSA) is 91.3 Å². The van der Waals surface area contributed by atoms with Gasteiger partial charge in [-0.05, 0) is 54.3 Å². The van der Waals surface area contributed by atoms with Gasteiger partial charge in [-0.2, -0.15) is 0 Å². The summed E-state index contributed by atoms with van der Waals surface area (Å²) >= 11 is 0. The van der Waals surface area contributed by atoms with Crippen LogP contribution in [0.5, 0.6) is 0 Å². The Kier molecular flexibility index (Phi) is 5.05. The molecule has 1 spiro atoms. The number of pyridine rings is 1. The zero-order valence-corrected chi connectivity index (χ0v) is 17.9. The van der Waals surface area contributed by atoms with Gasteiger partial charge in [0.2, 0.25) is 11.9 Å². The fourth-order valence-electron chi connectivity index (χ4n) is 4.71. The van der Waals surface area contributed by atoms with Crippen molar-refractivity contribution in [3.8, 4) is 0 Å². The number of benzene rings is 1. The number of nitrogens with one attached hydrogen (secondary N) is 1. The zero-order chi connectivity index (χ0) is 22.1. The first-order chi connectivity index (χ1) is 15.6. The third-order valence-electron chi connectivity index (χ3n) is 6.48. The zero-order valence-electron chi connectivity index (χ0n) is 17.9. The molecular weight excluding hydrogens is 404 g/mol. The van der Waals surface area contributed by atoms with Crippen molar-refractivity contribution >= 4 is 23.5 Å². The lowest BCUT2D eigenvalue weighted by Gasteiger charge is -2.38. The first-order valence-corrected chi connectivity index (χ1v) is 10.7. The van der Waals surface area contributed by atoms with Crippen molar-refractivity contribution < 1.29 is 9.59 Å². The van der Waals surface area contributed by atoms with Gasteiger partial charge < -0.3 is 15.1 Å². The largest absolute Gasteiger partial charge is 0.348 e. The van der Waals surface area contributed by atoms with Crippen LogP contribution in [0.15, 0.2) is 61.2 Å². The van der Waals surface area contributed by atoms with Crippen LogP contribution in [0.4, 0.5) is 11.6 Å². The van der Waals surface area contributed by atoms with E-state index in [1.807, 2.05) is 31.3 Å². The predicted octanol–water partition coefficient (Wildman–Crippen LogP) is 2.32. The number of likely N-dealkylation sites (N-methyl/N-ethyl adjacent to an activating group) is 1. The van der Waals surface area contributed by atoms with E-state index in [0.29, 0.717) is 44.0 Å². The summed E-state index contributed by atoms with van der Waals surface area (Å²) in [5.74, 6) is 0.614. The van der Waals surface area contributed by atoms with Crippen LogP contribution in [0.1, 0.15) is 34.3 Å². The standard InChI is InChI=1S/C24H24N6O2/c1-29-20-6-5-18(21(31)28-16-17-4-2-9-25-15-17)14-19(20)24(22(29)32)7-12-30(13-8-24)23-26-10-3-11-27-23/h2-6,9-11,14-15H,7-8,12-13,16H2,1H3,(H,28,31). The van der Waals surface area contributed by atoms with Gasteiger partial charge in [-0.1, -0.05) is 6.07 Å². The Morgan fingerprint density at radius 2 is 1.88 bits per heavy atom. The molecule has 1 saturated heterocycles. The quantitative estimate of drug-likeness (QED) is 0.686. The number of nitrogens with zero attached hydrogens (tertiary/aromatic N) is 5. The van der Waals surface area contributed by atoms with Crippen molar-refractivity contribution in [3.05, 3.63) is 77.9 Å². The molecule has 2 aromatic heterocycles. The molecule has 1 fully saturated rings. The molecule has 2 aliphatic rings. The fraction of sp³-hybridized carbons (Fsp3) is 0.292. The summed E-state index contributed by atoms with van der Waals surface area (Å²) in [6, 6.07) is 11.1. The number of piperidine rings is 1. The van der Waals surface area contributed by atoms with Gasteiger partial charge >= 0.3 is 0 Å². The number of carbonyl (C=O) groups excluding carboxylic acids is 2. The van der Waals surface area contributed by atoms with Crippen LogP contribution in [-0.2, 0) is 16.8 Å². The first-order valence-electron chi connectivity index (χ1n) is 10.7. The van der Waals surface area contributed by atoms with Gasteiger partial charge in [0.25, 0.3) is 5.91 Å². The van der Waals surface area contributed by atoms with Crippen LogP contribution < -0.4 is 15.1 Å². The highest BCUT2D eigenvalue weighted by Gasteiger charge is 2.51. The van der Waals surface area contributed by atoms with Crippen LogP contribution in [0, 0.1) is 0 Å². The number of fused-ring (bicyclic) bond motifs is 2. The molecule has 8 nitrogen and oxygen atoms in total. The molecule has 8 heteroatoms. The smallest absolute Gasteiger partial charge is 0.251 e. The third-order valence-corrected chi connectivity index (χ3v) is 6.48. The lowest BCUT2D eigenvalue weighted by atomic mass is 9.73. The van der Waals surface area contributed by atoms with Gasteiger partial charge in [-0.25, -0.2) is 9.97 Å². The number of carbonyl (C=O) groups is 2. The summed E-state index contributed by atoms with van der Waals surface area (Å²) in [5.41, 5.74) is 2.69. The van der Waals surface area contributed by atoms with Crippen molar-refractivity contribution in [2.75, 3.05) is 29.9 Å². The monoisotopic (exact) mass is 428 g/mol. The van der Waals surface area contributed by atoms with E-state index in [-0.39, 0.29) is 11.8 Å². The van der Waals surface area contributed by atoms with E-state index in [9.17, 15) is 9.59 Å².